The highest BCUT2D eigenvalue weighted by atomic mass is 16.3. The Bertz CT molecular complexity index is 1050. The van der Waals surface area contributed by atoms with E-state index in [0.29, 0.717) is 12.2 Å². The van der Waals surface area contributed by atoms with Gasteiger partial charge in [-0.15, -0.1) is 0 Å². The Morgan fingerprint density at radius 1 is 1.08 bits per heavy atom. The highest BCUT2D eigenvalue weighted by Crippen LogP contribution is 2.28. The number of aromatic nitrogens is 5. The number of H-pyrrole nitrogens is 1. The SMILES string of the molecule is O[C@@H](c1ccccc1)c1cc2n(n1)CCN(c1ncnc3[nH]ccc13)C2. The molecule has 4 heterocycles. The van der Waals surface area contributed by atoms with Gasteiger partial charge in [-0.2, -0.15) is 5.10 Å². The Kier molecular flexibility index (Phi) is 3.46. The molecule has 0 amide bonds. The number of benzene rings is 1. The van der Waals surface area contributed by atoms with E-state index in [1.807, 2.05) is 53.3 Å². The van der Waals surface area contributed by atoms with Crippen LogP contribution >= 0.6 is 0 Å². The summed E-state index contributed by atoms with van der Waals surface area (Å²) in [6.45, 7) is 2.27. The minimum Gasteiger partial charge on any atom is -0.382 e. The summed E-state index contributed by atoms with van der Waals surface area (Å²) in [6.07, 6.45) is 2.76. The van der Waals surface area contributed by atoms with Crippen LogP contribution in [0.2, 0.25) is 0 Å². The van der Waals surface area contributed by atoms with Gasteiger partial charge in [0.2, 0.25) is 0 Å². The van der Waals surface area contributed by atoms with Crippen LogP contribution in [0, 0.1) is 0 Å². The summed E-state index contributed by atoms with van der Waals surface area (Å²) in [5.74, 6) is 0.925. The molecule has 130 valence electrons. The van der Waals surface area contributed by atoms with Crippen molar-refractivity contribution in [3.05, 3.63) is 71.9 Å². The lowest BCUT2D eigenvalue weighted by molar-refractivity contribution is 0.214. The second-order valence-electron chi connectivity index (χ2n) is 6.46. The van der Waals surface area contributed by atoms with E-state index in [1.54, 1.807) is 6.33 Å². The van der Waals surface area contributed by atoms with E-state index in [4.69, 9.17) is 0 Å². The van der Waals surface area contributed by atoms with E-state index >= 15 is 0 Å². The van der Waals surface area contributed by atoms with Crippen molar-refractivity contribution in [1.29, 1.82) is 0 Å². The molecule has 4 aromatic rings. The quantitative estimate of drug-likeness (QED) is 0.594. The number of hydrogen-bond donors (Lipinski definition) is 2. The Morgan fingerprint density at radius 2 is 1.96 bits per heavy atom. The molecule has 0 bridgehead atoms. The second kappa shape index (κ2) is 5.96. The third-order valence-electron chi connectivity index (χ3n) is 4.84. The maximum Gasteiger partial charge on any atom is 0.142 e. The fraction of sp³-hybridized carbons (Fsp3) is 0.211. The summed E-state index contributed by atoms with van der Waals surface area (Å²) in [7, 11) is 0. The fourth-order valence-corrected chi connectivity index (χ4v) is 3.52. The van der Waals surface area contributed by atoms with Crippen LogP contribution in [0.3, 0.4) is 0 Å². The van der Waals surface area contributed by atoms with Crippen molar-refractivity contribution in [2.75, 3.05) is 11.4 Å². The normalized spacial score (nSPS) is 15.2. The summed E-state index contributed by atoms with van der Waals surface area (Å²) in [5, 5.41) is 16.3. The first kappa shape index (κ1) is 15.1. The van der Waals surface area contributed by atoms with Crippen molar-refractivity contribution in [3.63, 3.8) is 0 Å². The molecule has 1 atom stereocenters. The zero-order chi connectivity index (χ0) is 17.5. The van der Waals surface area contributed by atoms with Crippen molar-refractivity contribution < 1.29 is 5.11 Å². The third kappa shape index (κ3) is 2.44. The largest absolute Gasteiger partial charge is 0.382 e. The van der Waals surface area contributed by atoms with Crippen molar-refractivity contribution in [1.82, 2.24) is 24.7 Å². The number of fused-ring (bicyclic) bond motifs is 2. The van der Waals surface area contributed by atoms with E-state index in [-0.39, 0.29) is 0 Å². The monoisotopic (exact) mass is 346 g/mol. The Balaban J connectivity index is 1.45. The Morgan fingerprint density at radius 3 is 2.85 bits per heavy atom. The lowest BCUT2D eigenvalue weighted by atomic mass is 10.1. The summed E-state index contributed by atoms with van der Waals surface area (Å²) in [6, 6.07) is 13.6. The molecule has 0 spiro atoms. The Hall–Kier alpha value is -3.19. The van der Waals surface area contributed by atoms with E-state index in [9.17, 15) is 5.11 Å². The van der Waals surface area contributed by atoms with Gasteiger partial charge in [0, 0.05) is 12.7 Å². The average molecular weight is 346 g/mol. The zero-order valence-electron chi connectivity index (χ0n) is 14.1. The van der Waals surface area contributed by atoms with Gasteiger partial charge in [0.05, 0.1) is 29.9 Å². The molecule has 7 nitrogen and oxygen atoms in total. The first-order valence-electron chi connectivity index (χ1n) is 8.62. The van der Waals surface area contributed by atoms with Crippen LogP contribution in [0.5, 0.6) is 0 Å². The zero-order valence-corrected chi connectivity index (χ0v) is 14.1. The van der Waals surface area contributed by atoms with Gasteiger partial charge >= 0.3 is 0 Å². The van der Waals surface area contributed by atoms with Gasteiger partial charge in [-0.05, 0) is 17.7 Å². The van der Waals surface area contributed by atoms with Crippen LogP contribution in [-0.2, 0) is 13.1 Å². The van der Waals surface area contributed by atoms with Crippen LogP contribution in [0.4, 0.5) is 5.82 Å². The molecular formula is C19H18N6O. The van der Waals surface area contributed by atoms with E-state index < -0.39 is 6.10 Å². The van der Waals surface area contributed by atoms with Crippen LogP contribution in [-0.4, -0.2) is 36.4 Å². The average Bonchev–Trinajstić information content (AvgIpc) is 3.34. The van der Waals surface area contributed by atoms with Gasteiger partial charge in [0.15, 0.2) is 0 Å². The molecule has 5 rings (SSSR count). The molecular weight excluding hydrogens is 328 g/mol. The summed E-state index contributed by atoms with van der Waals surface area (Å²) < 4.78 is 1.98. The minimum absolute atomic E-state index is 0.683. The number of aliphatic hydroxyl groups excluding tert-OH is 1. The Labute approximate surface area is 149 Å². The van der Waals surface area contributed by atoms with Gasteiger partial charge in [0.1, 0.15) is 23.9 Å². The van der Waals surface area contributed by atoms with Gasteiger partial charge in [-0.1, -0.05) is 30.3 Å². The number of anilines is 1. The number of hydrogen-bond acceptors (Lipinski definition) is 5. The molecule has 0 fully saturated rings. The molecule has 0 saturated heterocycles. The predicted octanol–water partition coefficient (Wildman–Crippen LogP) is 2.26. The summed E-state index contributed by atoms with van der Waals surface area (Å²) in [4.78, 5) is 14.1. The molecule has 0 unspecified atom stereocenters. The summed E-state index contributed by atoms with van der Waals surface area (Å²) in [5.41, 5.74) is 3.45. The molecule has 7 heteroatoms. The predicted molar refractivity (Wildman–Crippen MR) is 97.7 cm³/mol. The first-order chi connectivity index (χ1) is 12.8. The highest BCUT2D eigenvalue weighted by Gasteiger charge is 2.23. The van der Waals surface area contributed by atoms with Gasteiger partial charge in [-0.3, -0.25) is 4.68 Å². The van der Waals surface area contributed by atoms with Crippen molar-refractivity contribution in [2.24, 2.45) is 0 Å². The molecule has 1 aromatic carbocycles. The van der Waals surface area contributed by atoms with Crippen LogP contribution in [0.15, 0.2) is 55.0 Å². The second-order valence-corrected chi connectivity index (χ2v) is 6.46. The highest BCUT2D eigenvalue weighted by molar-refractivity contribution is 5.87. The standard InChI is InChI=1S/C19H18N6O/c26-17(13-4-2-1-3-5-13)16-10-14-11-24(8-9-25(14)23-16)19-15-6-7-20-18(15)21-12-22-19/h1-7,10,12,17,26H,8-9,11H2,(H,20,21,22)/t17-/m0/s1. The van der Waals surface area contributed by atoms with Crippen LogP contribution in [0.25, 0.3) is 11.0 Å². The molecule has 1 aliphatic rings. The number of nitrogens with zero attached hydrogens (tertiary/aromatic N) is 5. The van der Waals surface area contributed by atoms with Crippen molar-refractivity contribution in [2.45, 2.75) is 19.2 Å². The molecule has 3 aromatic heterocycles. The maximum atomic E-state index is 10.6. The van der Waals surface area contributed by atoms with Crippen molar-refractivity contribution >= 4 is 16.9 Å². The maximum absolute atomic E-state index is 10.6. The topological polar surface area (TPSA) is 82.9 Å². The van der Waals surface area contributed by atoms with E-state index in [1.165, 1.54) is 0 Å². The molecule has 0 saturated carbocycles. The van der Waals surface area contributed by atoms with Crippen LogP contribution in [0.1, 0.15) is 23.1 Å². The molecule has 2 N–H and O–H groups in total. The summed E-state index contributed by atoms with van der Waals surface area (Å²) >= 11 is 0. The minimum atomic E-state index is -0.710. The van der Waals surface area contributed by atoms with E-state index in [0.717, 1.165) is 41.2 Å². The van der Waals surface area contributed by atoms with Gasteiger partial charge in [0.25, 0.3) is 0 Å². The smallest absolute Gasteiger partial charge is 0.142 e. The molecule has 26 heavy (non-hydrogen) atoms. The third-order valence-corrected chi connectivity index (χ3v) is 4.84. The fourth-order valence-electron chi connectivity index (χ4n) is 3.52. The number of aliphatic hydroxyl groups is 1. The molecule has 1 aliphatic heterocycles. The van der Waals surface area contributed by atoms with Gasteiger partial charge in [-0.25, -0.2) is 9.97 Å². The number of rotatable bonds is 3. The van der Waals surface area contributed by atoms with Crippen LogP contribution < -0.4 is 4.90 Å². The molecule has 0 aliphatic carbocycles. The number of aromatic amines is 1. The first-order valence-corrected chi connectivity index (χ1v) is 8.62. The molecule has 0 radical (unpaired) electrons. The van der Waals surface area contributed by atoms with E-state index in [2.05, 4.69) is 25.0 Å². The van der Waals surface area contributed by atoms with Gasteiger partial charge < -0.3 is 15.0 Å². The lowest BCUT2D eigenvalue weighted by Gasteiger charge is -2.28. The lowest BCUT2D eigenvalue weighted by Crippen LogP contribution is -2.34. The number of nitrogens with one attached hydrogen (secondary N) is 1. The van der Waals surface area contributed by atoms with Crippen molar-refractivity contribution in [3.8, 4) is 0 Å².